The van der Waals surface area contributed by atoms with Gasteiger partial charge in [-0.3, -0.25) is 9.59 Å². The van der Waals surface area contributed by atoms with Crippen molar-refractivity contribution in [2.75, 3.05) is 6.61 Å². The summed E-state index contributed by atoms with van der Waals surface area (Å²) in [4.78, 5) is 25.0. The fourth-order valence-electron chi connectivity index (χ4n) is 2.36. The number of benzene rings is 2. The molecule has 0 aromatic heterocycles. The van der Waals surface area contributed by atoms with E-state index in [-0.39, 0.29) is 11.6 Å². The van der Waals surface area contributed by atoms with Gasteiger partial charge < -0.3 is 4.74 Å². The maximum absolute atomic E-state index is 12.5. The number of carbonyl (C=O) groups is 2. The Morgan fingerprint density at radius 1 is 0.900 bits per heavy atom. The van der Waals surface area contributed by atoms with Gasteiger partial charge in [0.05, 0.1) is 6.61 Å². The number of hydrogen-bond acceptors (Lipinski definition) is 3. The number of halogens is 1. The van der Waals surface area contributed by atoms with E-state index in [9.17, 15) is 9.59 Å². The first kappa shape index (κ1) is 13.1. The molecule has 20 heavy (non-hydrogen) atoms. The second-order valence-electron chi connectivity index (χ2n) is 4.49. The Morgan fingerprint density at radius 2 is 1.50 bits per heavy atom. The molecule has 0 saturated heterocycles. The molecule has 0 aliphatic heterocycles. The lowest BCUT2D eigenvalue weighted by Gasteiger charge is -2.18. The topological polar surface area (TPSA) is 43.4 Å². The summed E-state index contributed by atoms with van der Waals surface area (Å²) >= 11 is 3.33. The van der Waals surface area contributed by atoms with Gasteiger partial charge in [-0.25, -0.2) is 0 Å². The van der Waals surface area contributed by atoms with Crippen molar-refractivity contribution in [2.45, 2.75) is 6.92 Å². The minimum atomic E-state index is -0.136. The summed E-state index contributed by atoms with van der Waals surface area (Å²) < 4.78 is 6.18. The second kappa shape index (κ2) is 4.87. The normalized spacial score (nSPS) is 12.9. The quantitative estimate of drug-likeness (QED) is 0.720. The Kier molecular flexibility index (Phi) is 3.18. The third-order valence-electron chi connectivity index (χ3n) is 3.26. The van der Waals surface area contributed by atoms with E-state index in [4.69, 9.17) is 4.74 Å². The largest absolute Gasteiger partial charge is 0.494 e. The van der Waals surface area contributed by atoms with Crippen LogP contribution < -0.4 is 4.74 Å². The van der Waals surface area contributed by atoms with Gasteiger partial charge in [-0.15, -0.1) is 0 Å². The predicted molar refractivity (Wildman–Crippen MR) is 78.6 cm³/mol. The van der Waals surface area contributed by atoms with Crippen LogP contribution >= 0.6 is 15.9 Å². The molecule has 0 heterocycles. The zero-order valence-electron chi connectivity index (χ0n) is 10.8. The highest BCUT2D eigenvalue weighted by Crippen LogP contribution is 2.31. The molecular formula is C16H11BrO3. The lowest BCUT2D eigenvalue weighted by atomic mass is 9.84. The zero-order valence-corrected chi connectivity index (χ0v) is 12.4. The monoisotopic (exact) mass is 330 g/mol. The van der Waals surface area contributed by atoms with Gasteiger partial charge in [-0.1, -0.05) is 15.9 Å². The first-order valence-corrected chi connectivity index (χ1v) is 7.07. The van der Waals surface area contributed by atoms with Crippen molar-refractivity contribution < 1.29 is 14.3 Å². The van der Waals surface area contributed by atoms with E-state index in [1.807, 2.05) is 6.92 Å². The van der Waals surface area contributed by atoms with Crippen LogP contribution in [0.5, 0.6) is 5.75 Å². The minimum absolute atomic E-state index is 0.126. The number of rotatable bonds is 2. The molecule has 0 radical (unpaired) electrons. The average Bonchev–Trinajstić information content (AvgIpc) is 2.45. The molecule has 0 N–H and O–H groups in total. The molecule has 2 aromatic rings. The summed E-state index contributed by atoms with van der Waals surface area (Å²) in [5, 5.41) is 0. The zero-order chi connectivity index (χ0) is 14.3. The molecule has 1 aliphatic rings. The molecule has 3 nitrogen and oxygen atoms in total. The molecule has 4 heteroatoms. The first-order chi connectivity index (χ1) is 9.61. The Bertz CT molecular complexity index is 734. The van der Waals surface area contributed by atoms with Crippen molar-refractivity contribution in [3.05, 3.63) is 63.1 Å². The molecule has 3 rings (SSSR count). The van der Waals surface area contributed by atoms with Crippen LogP contribution in [0.25, 0.3) is 0 Å². The highest BCUT2D eigenvalue weighted by Gasteiger charge is 2.29. The average molecular weight is 331 g/mol. The minimum Gasteiger partial charge on any atom is -0.494 e. The number of fused-ring (bicyclic) bond motifs is 2. The summed E-state index contributed by atoms with van der Waals surface area (Å²) in [7, 11) is 0. The van der Waals surface area contributed by atoms with Crippen LogP contribution in [0.1, 0.15) is 38.8 Å². The Balaban J connectivity index is 2.18. The van der Waals surface area contributed by atoms with Gasteiger partial charge in [0.15, 0.2) is 11.6 Å². The van der Waals surface area contributed by atoms with Crippen LogP contribution in [0.2, 0.25) is 0 Å². The summed E-state index contributed by atoms with van der Waals surface area (Å²) in [5.74, 6) is 0.343. The third kappa shape index (κ3) is 1.96. The third-order valence-corrected chi connectivity index (χ3v) is 3.76. The van der Waals surface area contributed by atoms with Gasteiger partial charge in [0, 0.05) is 26.7 Å². The van der Waals surface area contributed by atoms with Crippen LogP contribution in [0.3, 0.4) is 0 Å². The highest BCUT2D eigenvalue weighted by atomic mass is 79.9. The standard InChI is InChI=1S/C16H11BrO3/c1-2-20-10-4-6-12-14(8-10)16(19)11-5-3-9(17)7-13(11)15(12)18/h3-8H,2H2,1H3. The van der Waals surface area contributed by atoms with Gasteiger partial charge in [0.25, 0.3) is 0 Å². The van der Waals surface area contributed by atoms with Crippen LogP contribution in [-0.2, 0) is 0 Å². The molecule has 0 spiro atoms. The molecule has 0 atom stereocenters. The van der Waals surface area contributed by atoms with E-state index in [0.717, 1.165) is 4.47 Å². The van der Waals surface area contributed by atoms with Crippen molar-refractivity contribution in [3.8, 4) is 5.75 Å². The lowest BCUT2D eigenvalue weighted by molar-refractivity contribution is 0.0978. The molecule has 100 valence electrons. The molecule has 1 aliphatic carbocycles. The predicted octanol–water partition coefficient (Wildman–Crippen LogP) is 3.62. The summed E-state index contributed by atoms with van der Waals surface area (Å²) in [6.45, 7) is 2.39. The van der Waals surface area contributed by atoms with Gasteiger partial charge in [0.2, 0.25) is 0 Å². The van der Waals surface area contributed by atoms with Crippen LogP contribution in [0.15, 0.2) is 40.9 Å². The fourth-order valence-corrected chi connectivity index (χ4v) is 2.72. The lowest BCUT2D eigenvalue weighted by Crippen LogP contribution is -2.20. The summed E-state index contributed by atoms with van der Waals surface area (Å²) in [5.41, 5.74) is 1.74. The van der Waals surface area contributed by atoms with Crippen molar-refractivity contribution in [3.63, 3.8) is 0 Å². The van der Waals surface area contributed by atoms with Crippen LogP contribution in [-0.4, -0.2) is 18.2 Å². The molecule has 0 fully saturated rings. The Labute approximate surface area is 124 Å². The molecule has 0 saturated carbocycles. The van der Waals surface area contributed by atoms with Crippen LogP contribution in [0, 0.1) is 0 Å². The molecule has 0 amide bonds. The van der Waals surface area contributed by atoms with E-state index in [1.165, 1.54) is 0 Å². The Hall–Kier alpha value is -1.94. The molecular weight excluding hydrogens is 320 g/mol. The maximum Gasteiger partial charge on any atom is 0.194 e. The summed E-state index contributed by atoms with van der Waals surface area (Å²) in [6, 6.07) is 10.2. The SMILES string of the molecule is CCOc1ccc2c(c1)C(=O)c1ccc(Br)cc1C2=O. The smallest absolute Gasteiger partial charge is 0.194 e. The second-order valence-corrected chi connectivity index (χ2v) is 5.40. The van der Waals surface area contributed by atoms with E-state index < -0.39 is 0 Å². The molecule has 0 bridgehead atoms. The Morgan fingerprint density at radius 3 is 2.15 bits per heavy atom. The van der Waals surface area contributed by atoms with Gasteiger partial charge in [-0.2, -0.15) is 0 Å². The van der Waals surface area contributed by atoms with E-state index in [0.29, 0.717) is 34.6 Å². The maximum atomic E-state index is 12.5. The number of ether oxygens (including phenoxy) is 1. The van der Waals surface area contributed by atoms with Crippen molar-refractivity contribution in [1.82, 2.24) is 0 Å². The summed E-state index contributed by atoms with van der Waals surface area (Å²) in [6.07, 6.45) is 0. The highest BCUT2D eigenvalue weighted by molar-refractivity contribution is 9.10. The number of carbonyl (C=O) groups excluding carboxylic acids is 2. The number of hydrogen-bond donors (Lipinski definition) is 0. The van der Waals surface area contributed by atoms with Crippen molar-refractivity contribution >= 4 is 27.5 Å². The van der Waals surface area contributed by atoms with E-state index in [2.05, 4.69) is 15.9 Å². The number of ketones is 2. The molecule has 0 unspecified atom stereocenters. The van der Waals surface area contributed by atoms with Gasteiger partial charge >= 0.3 is 0 Å². The van der Waals surface area contributed by atoms with E-state index >= 15 is 0 Å². The fraction of sp³-hybridized carbons (Fsp3) is 0.125. The van der Waals surface area contributed by atoms with Crippen LogP contribution in [0.4, 0.5) is 0 Å². The van der Waals surface area contributed by atoms with E-state index in [1.54, 1.807) is 36.4 Å². The van der Waals surface area contributed by atoms with Crippen molar-refractivity contribution in [1.29, 1.82) is 0 Å². The van der Waals surface area contributed by atoms with Gasteiger partial charge in [-0.05, 0) is 43.3 Å². The first-order valence-electron chi connectivity index (χ1n) is 6.27. The van der Waals surface area contributed by atoms with Crippen molar-refractivity contribution in [2.24, 2.45) is 0 Å². The molecule has 2 aromatic carbocycles. The van der Waals surface area contributed by atoms with Gasteiger partial charge in [0.1, 0.15) is 5.75 Å².